The van der Waals surface area contributed by atoms with Crippen molar-refractivity contribution in [2.45, 2.75) is 37.6 Å². The fourth-order valence-corrected chi connectivity index (χ4v) is 4.45. The minimum Gasteiger partial charge on any atom is -0.372 e. The van der Waals surface area contributed by atoms with Gasteiger partial charge in [0.05, 0.1) is 29.0 Å². The van der Waals surface area contributed by atoms with Crippen molar-refractivity contribution in [1.29, 1.82) is 0 Å². The number of nitrogens with zero attached hydrogens (tertiary/aromatic N) is 3. The smallest absolute Gasteiger partial charge is 0.230 e. The van der Waals surface area contributed by atoms with Crippen LogP contribution in [0.5, 0.6) is 0 Å². The van der Waals surface area contributed by atoms with Crippen molar-refractivity contribution < 1.29 is 9.53 Å². The number of amides is 1. The third kappa shape index (κ3) is 5.09. The zero-order chi connectivity index (χ0) is 20.9. The average molecular weight is 423 g/mol. The predicted octanol–water partition coefficient (Wildman–Crippen LogP) is 3.65. The molecule has 2 atom stereocenters. The van der Waals surface area contributed by atoms with E-state index in [1.807, 2.05) is 54.6 Å². The Morgan fingerprint density at radius 1 is 1.03 bits per heavy atom. The Morgan fingerprint density at radius 2 is 1.67 bits per heavy atom. The lowest BCUT2D eigenvalue weighted by atomic mass is 10.2. The quantitative estimate of drug-likeness (QED) is 0.612. The number of nitrogens with one attached hydrogen (secondary N) is 1. The van der Waals surface area contributed by atoms with E-state index in [-0.39, 0.29) is 18.1 Å². The van der Waals surface area contributed by atoms with Crippen LogP contribution in [0.4, 0.5) is 5.82 Å². The Bertz CT molecular complexity index is 1000. The minimum atomic E-state index is -0.0199. The molecule has 0 saturated carbocycles. The lowest BCUT2D eigenvalue weighted by Gasteiger charge is -2.36. The Labute approximate surface area is 181 Å². The minimum absolute atomic E-state index is 0.0199. The number of fused-ring (bicyclic) bond motifs is 1. The SMILES string of the molecule is C[C@@H]1CN(c2nc3ccccc3nc2SCC(=O)NCc2ccccc2)C[C@H](C)O1. The van der Waals surface area contributed by atoms with E-state index in [0.717, 1.165) is 40.5 Å². The van der Waals surface area contributed by atoms with Gasteiger partial charge in [-0.15, -0.1) is 0 Å². The average Bonchev–Trinajstić information content (AvgIpc) is 2.75. The van der Waals surface area contributed by atoms with E-state index in [1.54, 1.807) is 0 Å². The van der Waals surface area contributed by atoms with Gasteiger partial charge in [-0.25, -0.2) is 9.97 Å². The van der Waals surface area contributed by atoms with Gasteiger partial charge in [0.1, 0.15) is 5.03 Å². The van der Waals surface area contributed by atoms with Gasteiger partial charge in [-0.3, -0.25) is 4.79 Å². The molecule has 0 bridgehead atoms. The monoisotopic (exact) mass is 422 g/mol. The number of benzene rings is 2. The normalized spacial score (nSPS) is 19.1. The maximum Gasteiger partial charge on any atom is 0.230 e. The summed E-state index contributed by atoms with van der Waals surface area (Å²) in [5, 5.41) is 3.76. The Morgan fingerprint density at radius 3 is 2.37 bits per heavy atom. The molecule has 30 heavy (non-hydrogen) atoms. The van der Waals surface area contributed by atoms with E-state index in [4.69, 9.17) is 14.7 Å². The summed E-state index contributed by atoms with van der Waals surface area (Å²) < 4.78 is 5.88. The molecule has 2 aromatic carbocycles. The fourth-order valence-electron chi connectivity index (χ4n) is 3.61. The molecule has 1 fully saturated rings. The third-order valence-corrected chi connectivity index (χ3v) is 5.87. The first-order valence-corrected chi connectivity index (χ1v) is 11.2. The first kappa shape index (κ1) is 20.6. The molecule has 6 nitrogen and oxygen atoms in total. The number of ether oxygens (including phenoxy) is 1. The summed E-state index contributed by atoms with van der Waals surface area (Å²) in [6.07, 6.45) is 0.239. The molecule has 1 saturated heterocycles. The standard InChI is InChI=1S/C23H26N4O2S/c1-16-13-27(14-17(2)29-16)22-23(26-20-11-7-6-10-19(20)25-22)30-15-21(28)24-12-18-8-4-3-5-9-18/h3-11,16-17H,12-15H2,1-2H3,(H,24,28)/t16-,17+. The molecule has 7 heteroatoms. The Hall–Kier alpha value is -2.64. The van der Waals surface area contributed by atoms with Gasteiger partial charge in [-0.2, -0.15) is 0 Å². The zero-order valence-corrected chi connectivity index (χ0v) is 18.1. The molecule has 1 amide bonds. The lowest BCUT2D eigenvalue weighted by molar-refractivity contribution is -0.118. The van der Waals surface area contributed by atoms with E-state index in [0.29, 0.717) is 12.3 Å². The van der Waals surface area contributed by atoms with Gasteiger partial charge in [-0.1, -0.05) is 54.2 Å². The van der Waals surface area contributed by atoms with Crippen LogP contribution in [0.1, 0.15) is 19.4 Å². The van der Waals surface area contributed by atoms with E-state index in [1.165, 1.54) is 11.8 Å². The highest BCUT2D eigenvalue weighted by atomic mass is 32.2. The summed E-state index contributed by atoms with van der Waals surface area (Å²) in [6, 6.07) is 17.8. The van der Waals surface area contributed by atoms with E-state index in [9.17, 15) is 4.79 Å². The molecule has 3 aromatic rings. The second kappa shape index (κ2) is 9.45. The van der Waals surface area contributed by atoms with Crippen molar-refractivity contribution in [3.8, 4) is 0 Å². The number of para-hydroxylation sites is 2. The van der Waals surface area contributed by atoms with Gasteiger partial charge in [-0.05, 0) is 31.5 Å². The molecule has 1 aromatic heterocycles. The summed E-state index contributed by atoms with van der Waals surface area (Å²) >= 11 is 1.43. The van der Waals surface area contributed by atoms with Gasteiger partial charge in [0.2, 0.25) is 5.91 Å². The number of morpholine rings is 1. The van der Waals surface area contributed by atoms with Crippen LogP contribution in [0.2, 0.25) is 0 Å². The van der Waals surface area contributed by atoms with Crippen LogP contribution >= 0.6 is 11.8 Å². The predicted molar refractivity (Wildman–Crippen MR) is 121 cm³/mol. The number of carbonyl (C=O) groups is 1. The van der Waals surface area contributed by atoms with Crippen molar-refractivity contribution in [1.82, 2.24) is 15.3 Å². The molecule has 0 aliphatic carbocycles. The second-order valence-electron chi connectivity index (χ2n) is 7.55. The van der Waals surface area contributed by atoms with Crippen LogP contribution in [-0.4, -0.2) is 46.9 Å². The molecule has 0 spiro atoms. The van der Waals surface area contributed by atoms with Crippen LogP contribution < -0.4 is 10.2 Å². The number of aromatic nitrogens is 2. The third-order valence-electron chi connectivity index (χ3n) is 4.91. The first-order chi connectivity index (χ1) is 14.6. The van der Waals surface area contributed by atoms with Crippen molar-refractivity contribution in [2.75, 3.05) is 23.7 Å². The van der Waals surface area contributed by atoms with Crippen LogP contribution in [0.3, 0.4) is 0 Å². The number of hydrogen-bond donors (Lipinski definition) is 1. The van der Waals surface area contributed by atoms with E-state index < -0.39 is 0 Å². The zero-order valence-electron chi connectivity index (χ0n) is 17.2. The molecular formula is C23H26N4O2S. The van der Waals surface area contributed by atoms with Gasteiger partial charge < -0.3 is 15.0 Å². The van der Waals surface area contributed by atoms with Crippen LogP contribution in [0.25, 0.3) is 11.0 Å². The summed E-state index contributed by atoms with van der Waals surface area (Å²) in [6.45, 7) is 6.17. The van der Waals surface area contributed by atoms with E-state index >= 15 is 0 Å². The maximum absolute atomic E-state index is 12.4. The first-order valence-electron chi connectivity index (χ1n) is 10.2. The second-order valence-corrected chi connectivity index (χ2v) is 8.52. The van der Waals surface area contributed by atoms with Crippen LogP contribution in [-0.2, 0) is 16.1 Å². The summed E-state index contributed by atoms with van der Waals surface area (Å²) in [5.41, 5.74) is 2.78. The summed E-state index contributed by atoms with van der Waals surface area (Å²) in [7, 11) is 0. The number of thioether (sulfide) groups is 1. The van der Waals surface area contributed by atoms with Crippen molar-refractivity contribution in [3.05, 3.63) is 60.2 Å². The molecule has 0 radical (unpaired) electrons. The molecule has 2 heterocycles. The van der Waals surface area contributed by atoms with Gasteiger partial charge in [0, 0.05) is 19.6 Å². The topological polar surface area (TPSA) is 67.4 Å². The highest BCUT2D eigenvalue weighted by Crippen LogP contribution is 2.30. The van der Waals surface area contributed by atoms with Gasteiger partial charge in [0.15, 0.2) is 5.82 Å². The molecular weight excluding hydrogens is 396 g/mol. The van der Waals surface area contributed by atoms with Gasteiger partial charge in [0.25, 0.3) is 0 Å². The number of rotatable bonds is 6. The van der Waals surface area contributed by atoms with Crippen molar-refractivity contribution in [3.63, 3.8) is 0 Å². The highest BCUT2D eigenvalue weighted by molar-refractivity contribution is 8.00. The van der Waals surface area contributed by atoms with Crippen LogP contribution in [0.15, 0.2) is 59.6 Å². The highest BCUT2D eigenvalue weighted by Gasteiger charge is 2.26. The molecule has 156 valence electrons. The molecule has 4 rings (SSSR count). The molecule has 1 aliphatic rings. The molecule has 1 aliphatic heterocycles. The lowest BCUT2D eigenvalue weighted by Crippen LogP contribution is -2.46. The molecule has 1 N–H and O–H groups in total. The number of hydrogen-bond acceptors (Lipinski definition) is 6. The van der Waals surface area contributed by atoms with Gasteiger partial charge >= 0.3 is 0 Å². The number of anilines is 1. The van der Waals surface area contributed by atoms with Crippen molar-refractivity contribution in [2.24, 2.45) is 0 Å². The van der Waals surface area contributed by atoms with Crippen LogP contribution in [0, 0.1) is 0 Å². The summed E-state index contributed by atoms with van der Waals surface area (Å²) in [4.78, 5) is 24.4. The fraction of sp³-hybridized carbons (Fsp3) is 0.348. The Balaban J connectivity index is 1.50. The largest absolute Gasteiger partial charge is 0.372 e. The van der Waals surface area contributed by atoms with E-state index in [2.05, 4.69) is 24.1 Å². The summed E-state index contributed by atoms with van der Waals surface area (Å²) in [5.74, 6) is 1.10. The maximum atomic E-state index is 12.4. The number of carbonyl (C=O) groups excluding carboxylic acids is 1. The Kier molecular flexibility index (Phi) is 6.50. The molecule has 0 unspecified atom stereocenters. The van der Waals surface area contributed by atoms with Crippen molar-refractivity contribution >= 4 is 34.5 Å².